The Morgan fingerprint density at radius 1 is 0.333 bits per heavy atom. The van der Waals surface area contributed by atoms with Gasteiger partial charge < -0.3 is 14.2 Å². The summed E-state index contributed by atoms with van der Waals surface area (Å²) in [5.41, 5.74) is 0. The first-order chi connectivity index (χ1) is 31.0. The standard InChI is InChI=1S/C57H98O6/c1-4-7-10-13-16-19-22-24-26-28-29-30-32-33-35-38-41-44-47-50-56(59)62-53-54(52-61-55(58)49-46-43-40-37-21-18-15-12-9-6-3)63-57(60)51-48-45-42-39-36-34-31-27-25-23-20-17-14-11-8-5-2/h7,10,16,19-20,23-24,26-27,29-31,54H,4-6,8-9,11-15,17-18,21-22,25,28,32-53H2,1-3H3/b10-7-,19-16-,23-20-,26-24-,30-29-,31-27-. The number of carbonyl (C=O) groups is 3. The predicted octanol–water partition coefficient (Wildman–Crippen LogP) is 17.4. The Morgan fingerprint density at radius 3 is 0.984 bits per heavy atom. The van der Waals surface area contributed by atoms with Gasteiger partial charge in [-0.2, -0.15) is 0 Å². The quantitative estimate of drug-likeness (QED) is 0.0262. The molecule has 0 radical (unpaired) electrons. The second-order valence-electron chi connectivity index (χ2n) is 17.4. The van der Waals surface area contributed by atoms with Crippen molar-refractivity contribution in [3.05, 3.63) is 72.9 Å². The topological polar surface area (TPSA) is 78.9 Å². The number of esters is 3. The van der Waals surface area contributed by atoms with E-state index in [1.54, 1.807) is 0 Å². The van der Waals surface area contributed by atoms with Crippen LogP contribution in [0.3, 0.4) is 0 Å². The summed E-state index contributed by atoms with van der Waals surface area (Å²) in [6, 6.07) is 0. The van der Waals surface area contributed by atoms with Crippen LogP contribution in [0, 0.1) is 0 Å². The molecule has 0 rings (SSSR count). The van der Waals surface area contributed by atoms with Crippen LogP contribution in [0.5, 0.6) is 0 Å². The molecule has 0 aromatic carbocycles. The molecule has 0 fully saturated rings. The number of ether oxygens (including phenoxy) is 3. The van der Waals surface area contributed by atoms with Gasteiger partial charge in [-0.1, -0.05) is 216 Å². The Kier molecular flexibility index (Phi) is 48.9. The molecule has 0 saturated heterocycles. The predicted molar refractivity (Wildman–Crippen MR) is 270 cm³/mol. The summed E-state index contributed by atoms with van der Waals surface area (Å²) in [5.74, 6) is -0.911. The van der Waals surface area contributed by atoms with Crippen LogP contribution in [0.25, 0.3) is 0 Å². The molecule has 362 valence electrons. The van der Waals surface area contributed by atoms with Gasteiger partial charge >= 0.3 is 17.9 Å². The van der Waals surface area contributed by atoms with Crippen LogP contribution in [-0.4, -0.2) is 37.2 Å². The molecule has 0 N–H and O–H groups in total. The van der Waals surface area contributed by atoms with Crippen molar-refractivity contribution < 1.29 is 28.6 Å². The van der Waals surface area contributed by atoms with Crippen molar-refractivity contribution in [2.24, 2.45) is 0 Å². The van der Waals surface area contributed by atoms with Gasteiger partial charge in [0.05, 0.1) is 0 Å². The lowest BCUT2D eigenvalue weighted by molar-refractivity contribution is -0.167. The van der Waals surface area contributed by atoms with Gasteiger partial charge in [0.2, 0.25) is 0 Å². The number of allylic oxidation sites excluding steroid dienone is 12. The van der Waals surface area contributed by atoms with Crippen molar-refractivity contribution in [2.45, 2.75) is 258 Å². The first-order valence-corrected chi connectivity index (χ1v) is 26.4. The van der Waals surface area contributed by atoms with Crippen LogP contribution in [0.15, 0.2) is 72.9 Å². The molecule has 6 nitrogen and oxygen atoms in total. The number of carbonyl (C=O) groups excluding carboxylic acids is 3. The highest BCUT2D eigenvalue weighted by Gasteiger charge is 2.19. The largest absolute Gasteiger partial charge is 0.462 e. The van der Waals surface area contributed by atoms with Crippen LogP contribution in [-0.2, 0) is 28.6 Å². The van der Waals surface area contributed by atoms with E-state index in [0.717, 1.165) is 116 Å². The second kappa shape index (κ2) is 51.5. The fraction of sp³-hybridized carbons (Fsp3) is 0.737. The summed E-state index contributed by atoms with van der Waals surface area (Å²) in [4.78, 5) is 38.0. The second-order valence-corrected chi connectivity index (χ2v) is 17.4. The van der Waals surface area contributed by atoms with E-state index < -0.39 is 6.10 Å². The highest BCUT2D eigenvalue weighted by molar-refractivity contribution is 5.71. The molecule has 1 atom stereocenters. The van der Waals surface area contributed by atoms with E-state index in [0.29, 0.717) is 19.3 Å². The first-order valence-electron chi connectivity index (χ1n) is 26.4. The molecule has 6 heteroatoms. The summed E-state index contributed by atoms with van der Waals surface area (Å²) in [6.45, 7) is 6.48. The zero-order valence-electron chi connectivity index (χ0n) is 41.3. The SMILES string of the molecule is CC/C=C\C/C=C\C/C=C\C/C=C\CCCCCCCCC(=O)OCC(COC(=O)CCCCCCCCCCCC)OC(=O)CCCCCCC/C=C\C/C=C\CCCCCC. The monoisotopic (exact) mass is 879 g/mol. The minimum Gasteiger partial charge on any atom is -0.462 e. The van der Waals surface area contributed by atoms with E-state index >= 15 is 0 Å². The van der Waals surface area contributed by atoms with Gasteiger partial charge in [0.25, 0.3) is 0 Å². The van der Waals surface area contributed by atoms with Crippen LogP contribution < -0.4 is 0 Å². The molecule has 0 spiro atoms. The molecule has 0 aromatic rings. The molecule has 0 aromatic heterocycles. The molecule has 1 unspecified atom stereocenters. The molecule has 63 heavy (non-hydrogen) atoms. The van der Waals surface area contributed by atoms with Crippen molar-refractivity contribution in [2.75, 3.05) is 13.2 Å². The number of rotatable bonds is 47. The smallest absolute Gasteiger partial charge is 0.306 e. The Hall–Kier alpha value is -3.15. The highest BCUT2D eigenvalue weighted by Crippen LogP contribution is 2.14. The molecule has 0 amide bonds. The minimum atomic E-state index is -0.786. The van der Waals surface area contributed by atoms with Gasteiger partial charge in [-0.05, 0) is 89.9 Å². The van der Waals surface area contributed by atoms with Crippen LogP contribution in [0.1, 0.15) is 252 Å². The average Bonchev–Trinajstić information content (AvgIpc) is 3.28. The van der Waals surface area contributed by atoms with E-state index in [1.165, 1.54) is 96.3 Å². The Bertz CT molecular complexity index is 1190. The van der Waals surface area contributed by atoms with Gasteiger partial charge in [0.15, 0.2) is 6.10 Å². The van der Waals surface area contributed by atoms with Gasteiger partial charge in [-0.25, -0.2) is 0 Å². The van der Waals surface area contributed by atoms with Gasteiger partial charge in [-0.3, -0.25) is 14.4 Å². The Morgan fingerprint density at radius 2 is 0.619 bits per heavy atom. The number of hydrogen-bond acceptors (Lipinski definition) is 6. The third-order valence-corrected chi connectivity index (χ3v) is 11.2. The van der Waals surface area contributed by atoms with Crippen molar-refractivity contribution in [3.8, 4) is 0 Å². The van der Waals surface area contributed by atoms with Gasteiger partial charge in [0.1, 0.15) is 13.2 Å². The Balaban J connectivity index is 4.38. The molecule has 0 bridgehead atoms. The molecule has 0 aliphatic heterocycles. The molecule has 0 heterocycles. The highest BCUT2D eigenvalue weighted by atomic mass is 16.6. The van der Waals surface area contributed by atoms with Crippen molar-refractivity contribution in [3.63, 3.8) is 0 Å². The summed E-state index contributed by atoms with van der Waals surface area (Å²) in [6.07, 6.45) is 64.5. The lowest BCUT2D eigenvalue weighted by Gasteiger charge is -2.18. The summed E-state index contributed by atoms with van der Waals surface area (Å²) in [5, 5.41) is 0. The van der Waals surface area contributed by atoms with Gasteiger partial charge in [-0.15, -0.1) is 0 Å². The average molecular weight is 879 g/mol. The van der Waals surface area contributed by atoms with Crippen molar-refractivity contribution >= 4 is 17.9 Å². The Labute approximate surface area is 389 Å². The van der Waals surface area contributed by atoms with E-state index in [-0.39, 0.29) is 31.1 Å². The molecular formula is C57H98O6. The van der Waals surface area contributed by atoms with Crippen molar-refractivity contribution in [1.82, 2.24) is 0 Å². The summed E-state index contributed by atoms with van der Waals surface area (Å²) >= 11 is 0. The summed E-state index contributed by atoms with van der Waals surface area (Å²) in [7, 11) is 0. The third-order valence-electron chi connectivity index (χ3n) is 11.2. The number of unbranched alkanes of at least 4 members (excludes halogenated alkanes) is 24. The zero-order chi connectivity index (χ0) is 45.8. The van der Waals surface area contributed by atoms with E-state index in [4.69, 9.17) is 14.2 Å². The number of hydrogen-bond donors (Lipinski definition) is 0. The maximum absolute atomic E-state index is 12.8. The van der Waals surface area contributed by atoms with Crippen LogP contribution in [0.2, 0.25) is 0 Å². The van der Waals surface area contributed by atoms with Gasteiger partial charge in [0, 0.05) is 19.3 Å². The maximum Gasteiger partial charge on any atom is 0.306 e. The van der Waals surface area contributed by atoms with Crippen molar-refractivity contribution in [1.29, 1.82) is 0 Å². The first kappa shape index (κ1) is 59.9. The van der Waals surface area contributed by atoms with E-state index in [2.05, 4.69) is 93.7 Å². The zero-order valence-corrected chi connectivity index (χ0v) is 41.3. The molecule has 0 saturated carbocycles. The molecular weight excluding hydrogens is 781 g/mol. The minimum absolute atomic E-state index is 0.0845. The maximum atomic E-state index is 12.8. The lowest BCUT2D eigenvalue weighted by Crippen LogP contribution is -2.30. The third kappa shape index (κ3) is 49.7. The van der Waals surface area contributed by atoms with Crippen LogP contribution in [0.4, 0.5) is 0 Å². The van der Waals surface area contributed by atoms with E-state index in [9.17, 15) is 14.4 Å². The van der Waals surface area contributed by atoms with E-state index in [1.807, 2.05) is 0 Å². The normalized spacial score (nSPS) is 12.6. The fourth-order valence-corrected chi connectivity index (χ4v) is 7.23. The molecule has 0 aliphatic carbocycles. The van der Waals surface area contributed by atoms with Crippen LogP contribution >= 0.6 is 0 Å². The fourth-order valence-electron chi connectivity index (χ4n) is 7.23. The lowest BCUT2D eigenvalue weighted by atomic mass is 10.1. The summed E-state index contributed by atoms with van der Waals surface area (Å²) < 4.78 is 16.8. The molecule has 0 aliphatic rings.